The van der Waals surface area contributed by atoms with E-state index in [4.69, 9.17) is 9.84 Å². The molecule has 0 saturated heterocycles. The van der Waals surface area contributed by atoms with Gasteiger partial charge in [-0.3, -0.25) is 9.78 Å². The minimum atomic E-state index is -0.796. The third-order valence-corrected chi connectivity index (χ3v) is 2.11. The van der Waals surface area contributed by atoms with Crippen molar-refractivity contribution in [2.75, 3.05) is 0 Å². The van der Waals surface area contributed by atoms with Crippen molar-refractivity contribution in [3.05, 3.63) is 24.0 Å². The quantitative estimate of drug-likeness (QED) is 0.830. The summed E-state index contributed by atoms with van der Waals surface area (Å²) >= 11 is 0. The van der Waals surface area contributed by atoms with Crippen LogP contribution in [0.5, 0.6) is 5.75 Å². The molecule has 0 radical (unpaired) electrons. The summed E-state index contributed by atoms with van der Waals surface area (Å²) in [6.45, 7) is 5.55. The van der Waals surface area contributed by atoms with Gasteiger partial charge in [0.2, 0.25) is 0 Å². The molecule has 4 heteroatoms. The lowest BCUT2D eigenvalue weighted by atomic mass is 10.0. The van der Waals surface area contributed by atoms with Gasteiger partial charge >= 0.3 is 5.97 Å². The Labute approximate surface area is 95.3 Å². The average molecular weight is 223 g/mol. The van der Waals surface area contributed by atoms with Crippen LogP contribution in [0.3, 0.4) is 0 Å². The average Bonchev–Trinajstić information content (AvgIpc) is 2.16. The number of nitrogens with zero attached hydrogens (tertiary/aromatic N) is 1. The first-order valence-corrected chi connectivity index (χ1v) is 5.32. The van der Waals surface area contributed by atoms with Crippen LogP contribution in [0, 0.1) is 5.92 Å². The number of carboxylic acid groups (broad SMARTS) is 1. The first-order valence-electron chi connectivity index (χ1n) is 5.32. The highest BCUT2D eigenvalue weighted by atomic mass is 16.5. The maximum Gasteiger partial charge on any atom is 0.306 e. The molecule has 1 unspecified atom stereocenters. The maximum absolute atomic E-state index is 10.7. The van der Waals surface area contributed by atoms with Crippen molar-refractivity contribution in [2.24, 2.45) is 5.92 Å². The van der Waals surface area contributed by atoms with E-state index in [0.717, 1.165) is 5.56 Å². The van der Waals surface area contributed by atoms with Crippen molar-refractivity contribution in [1.29, 1.82) is 0 Å². The Kier molecular flexibility index (Phi) is 4.28. The standard InChI is InChI=1S/C12H17NO3/c1-8(2)16-11-5-10(6-13-7-11)4-9(3)12(14)15/h5-9H,4H2,1-3H3,(H,14,15). The summed E-state index contributed by atoms with van der Waals surface area (Å²) < 4.78 is 5.49. The van der Waals surface area contributed by atoms with Crippen LogP contribution in [0.15, 0.2) is 18.5 Å². The number of ether oxygens (including phenoxy) is 1. The summed E-state index contributed by atoms with van der Waals surface area (Å²) in [4.78, 5) is 14.7. The zero-order valence-corrected chi connectivity index (χ0v) is 9.80. The Morgan fingerprint density at radius 3 is 2.69 bits per heavy atom. The van der Waals surface area contributed by atoms with E-state index in [0.29, 0.717) is 12.2 Å². The van der Waals surface area contributed by atoms with Gasteiger partial charge in [0.1, 0.15) is 5.75 Å². The van der Waals surface area contributed by atoms with Crippen LogP contribution >= 0.6 is 0 Å². The molecule has 0 fully saturated rings. The highest BCUT2D eigenvalue weighted by molar-refractivity contribution is 5.69. The summed E-state index contributed by atoms with van der Waals surface area (Å²) in [7, 11) is 0. The molecular weight excluding hydrogens is 206 g/mol. The van der Waals surface area contributed by atoms with Gasteiger partial charge in [-0.2, -0.15) is 0 Å². The molecule has 1 atom stereocenters. The molecular formula is C12H17NO3. The summed E-state index contributed by atoms with van der Waals surface area (Å²) in [5, 5.41) is 8.81. The lowest BCUT2D eigenvalue weighted by Crippen LogP contribution is -2.12. The number of hydrogen-bond donors (Lipinski definition) is 1. The van der Waals surface area contributed by atoms with Crippen molar-refractivity contribution in [1.82, 2.24) is 4.98 Å². The largest absolute Gasteiger partial charge is 0.489 e. The smallest absolute Gasteiger partial charge is 0.306 e. The lowest BCUT2D eigenvalue weighted by molar-refractivity contribution is -0.141. The fraction of sp³-hybridized carbons (Fsp3) is 0.500. The maximum atomic E-state index is 10.7. The van der Waals surface area contributed by atoms with E-state index in [9.17, 15) is 4.79 Å². The number of aliphatic carboxylic acids is 1. The molecule has 1 aromatic heterocycles. The fourth-order valence-electron chi connectivity index (χ4n) is 1.35. The summed E-state index contributed by atoms with van der Waals surface area (Å²) in [6.07, 6.45) is 3.87. The molecule has 0 aromatic carbocycles. The molecule has 4 nitrogen and oxygen atoms in total. The minimum Gasteiger partial charge on any atom is -0.489 e. The van der Waals surface area contributed by atoms with E-state index in [1.54, 1.807) is 19.3 Å². The second-order valence-electron chi connectivity index (χ2n) is 4.14. The number of hydrogen-bond acceptors (Lipinski definition) is 3. The molecule has 1 N–H and O–H groups in total. The molecule has 0 aliphatic rings. The van der Waals surface area contributed by atoms with Crippen molar-refractivity contribution >= 4 is 5.97 Å². The minimum absolute atomic E-state index is 0.0916. The summed E-state index contributed by atoms with van der Waals surface area (Å²) in [5.74, 6) is -0.517. The fourth-order valence-corrected chi connectivity index (χ4v) is 1.35. The van der Waals surface area contributed by atoms with Crippen LogP contribution in [-0.4, -0.2) is 22.2 Å². The van der Waals surface area contributed by atoms with Gasteiger partial charge in [-0.05, 0) is 31.9 Å². The topological polar surface area (TPSA) is 59.4 Å². The monoisotopic (exact) mass is 223 g/mol. The van der Waals surface area contributed by atoms with Crippen LogP contribution in [0.1, 0.15) is 26.3 Å². The van der Waals surface area contributed by atoms with Gasteiger partial charge in [0, 0.05) is 6.20 Å². The Morgan fingerprint density at radius 1 is 1.44 bits per heavy atom. The van der Waals surface area contributed by atoms with Crippen LogP contribution in [0.4, 0.5) is 0 Å². The molecule has 0 spiro atoms. The number of carbonyl (C=O) groups is 1. The first kappa shape index (κ1) is 12.5. The zero-order chi connectivity index (χ0) is 12.1. The highest BCUT2D eigenvalue weighted by Gasteiger charge is 2.12. The van der Waals surface area contributed by atoms with Gasteiger partial charge < -0.3 is 9.84 Å². The van der Waals surface area contributed by atoms with Gasteiger partial charge in [-0.1, -0.05) is 6.92 Å². The molecule has 1 heterocycles. The van der Waals surface area contributed by atoms with Gasteiger partial charge in [0.05, 0.1) is 18.2 Å². The molecule has 16 heavy (non-hydrogen) atoms. The van der Waals surface area contributed by atoms with Gasteiger partial charge in [-0.15, -0.1) is 0 Å². The molecule has 0 aliphatic heterocycles. The van der Waals surface area contributed by atoms with Gasteiger partial charge in [-0.25, -0.2) is 0 Å². The molecule has 0 aliphatic carbocycles. The second kappa shape index (κ2) is 5.49. The first-order chi connectivity index (χ1) is 7.49. The number of aromatic nitrogens is 1. The third kappa shape index (κ3) is 3.88. The van der Waals surface area contributed by atoms with E-state index < -0.39 is 11.9 Å². The van der Waals surface area contributed by atoms with Crippen molar-refractivity contribution in [3.63, 3.8) is 0 Å². The van der Waals surface area contributed by atoms with Crippen molar-refractivity contribution in [3.8, 4) is 5.75 Å². The molecule has 1 aromatic rings. The van der Waals surface area contributed by atoms with Gasteiger partial charge in [0.25, 0.3) is 0 Å². The zero-order valence-electron chi connectivity index (χ0n) is 9.80. The Bertz CT molecular complexity index is 363. The molecule has 1 rings (SSSR count). The predicted molar refractivity (Wildman–Crippen MR) is 60.5 cm³/mol. The van der Waals surface area contributed by atoms with Crippen LogP contribution in [-0.2, 0) is 11.2 Å². The van der Waals surface area contributed by atoms with E-state index in [1.165, 1.54) is 0 Å². The lowest BCUT2D eigenvalue weighted by Gasteiger charge is -2.11. The highest BCUT2D eigenvalue weighted by Crippen LogP contribution is 2.15. The second-order valence-corrected chi connectivity index (χ2v) is 4.14. The van der Waals surface area contributed by atoms with E-state index in [1.807, 2.05) is 19.9 Å². The van der Waals surface area contributed by atoms with Gasteiger partial charge in [0.15, 0.2) is 0 Å². The molecule has 88 valence electrons. The number of rotatable bonds is 5. The third-order valence-electron chi connectivity index (χ3n) is 2.11. The molecule has 0 saturated carbocycles. The number of carboxylic acids is 1. The van der Waals surface area contributed by atoms with E-state index in [-0.39, 0.29) is 6.10 Å². The SMILES string of the molecule is CC(C)Oc1cncc(CC(C)C(=O)O)c1. The Morgan fingerprint density at radius 2 is 2.12 bits per heavy atom. The van der Waals surface area contributed by atoms with Crippen molar-refractivity contribution < 1.29 is 14.6 Å². The summed E-state index contributed by atoms with van der Waals surface area (Å²) in [6, 6.07) is 1.84. The van der Waals surface area contributed by atoms with Crippen LogP contribution in [0.2, 0.25) is 0 Å². The molecule has 0 amide bonds. The van der Waals surface area contributed by atoms with Crippen LogP contribution < -0.4 is 4.74 Å². The Hall–Kier alpha value is -1.58. The molecule has 0 bridgehead atoms. The van der Waals surface area contributed by atoms with E-state index in [2.05, 4.69) is 4.98 Å². The Balaban J connectivity index is 2.70. The van der Waals surface area contributed by atoms with Crippen molar-refractivity contribution in [2.45, 2.75) is 33.3 Å². The number of pyridine rings is 1. The van der Waals surface area contributed by atoms with E-state index >= 15 is 0 Å². The summed E-state index contributed by atoms with van der Waals surface area (Å²) in [5.41, 5.74) is 0.882. The normalized spacial score (nSPS) is 12.5. The van der Waals surface area contributed by atoms with Crippen LogP contribution in [0.25, 0.3) is 0 Å². The predicted octanol–water partition coefficient (Wildman–Crippen LogP) is 2.13.